The molecular weight excluding hydrogens is 332 g/mol. The maximum atomic E-state index is 5.93. The van der Waals surface area contributed by atoms with Crippen LogP contribution in [0.15, 0.2) is 35.7 Å². The minimum absolute atomic E-state index is 0.718. The van der Waals surface area contributed by atoms with Crippen LogP contribution < -0.4 is 5.06 Å². The lowest BCUT2D eigenvalue weighted by Crippen LogP contribution is -2.31. The fourth-order valence-electron chi connectivity index (χ4n) is 3.09. The van der Waals surface area contributed by atoms with Crippen molar-refractivity contribution in [2.75, 3.05) is 32.3 Å². The molecule has 0 spiro atoms. The van der Waals surface area contributed by atoms with Crippen LogP contribution in [0.1, 0.15) is 18.7 Å². The van der Waals surface area contributed by atoms with Crippen LogP contribution in [0.5, 0.6) is 0 Å². The van der Waals surface area contributed by atoms with E-state index in [-0.39, 0.29) is 0 Å². The van der Waals surface area contributed by atoms with Crippen molar-refractivity contribution in [3.63, 3.8) is 0 Å². The summed E-state index contributed by atoms with van der Waals surface area (Å²) in [6, 6.07) is 10.4. The van der Waals surface area contributed by atoms with Gasteiger partial charge in [0.2, 0.25) is 0 Å². The largest absolute Gasteiger partial charge is 0.302 e. The lowest BCUT2D eigenvalue weighted by atomic mass is 10.1. The van der Waals surface area contributed by atoms with Crippen LogP contribution in [-0.4, -0.2) is 42.1 Å². The third kappa shape index (κ3) is 3.38. The number of aromatic nitrogens is 2. The molecule has 0 aliphatic carbocycles. The minimum Gasteiger partial charge on any atom is -0.302 e. The molecule has 3 aromatic rings. The van der Waals surface area contributed by atoms with E-state index in [4.69, 9.17) is 14.8 Å². The third-order valence-electron chi connectivity index (χ3n) is 4.24. The van der Waals surface area contributed by atoms with E-state index in [9.17, 15) is 0 Å². The molecule has 2 aromatic heterocycles. The maximum absolute atomic E-state index is 5.93. The number of thiophene rings is 1. The first kappa shape index (κ1) is 16.4. The van der Waals surface area contributed by atoms with Gasteiger partial charge in [-0.25, -0.2) is 15.0 Å². The van der Waals surface area contributed by atoms with Crippen LogP contribution in [-0.2, 0) is 11.4 Å². The maximum Gasteiger partial charge on any atom is 0.165 e. The van der Waals surface area contributed by atoms with Crippen molar-refractivity contribution in [2.24, 2.45) is 0 Å². The first-order valence-corrected chi connectivity index (χ1v) is 9.49. The fourth-order valence-corrected chi connectivity index (χ4v) is 4.06. The number of fused-ring (bicyclic) bond motifs is 1. The van der Waals surface area contributed by atoms with Crippen LogP contribution >= 0.6 is 11.3 Å². The Bertz CT molecular complexity index is 856. The molecule has 3 heterocycles. The first-order valence-electron chi connectivity index (χ1n) is 8.61. The first-order chi connectivity index (χ1) is 12.2. The zero-order valence-corrected chi connectivity index (χ0v) is 15.4. The van der Waals surface area contributed by atoms with E-state index in [2.05, 4.69) is 34.5 Å². The van der Waals surface area contributed by atoms with E-state index >= 15 is 0 Å². The highest BCUT2D eigenvalue weighted by molar-refractivity contribution is 7.17. The predicted octanol–water partition coefficient (Wildman–Crippen LogP) is 3.95. The molecule has 6 heteroatoms. The normalized spacial score (nSPS) is 15.2. The fraction of sp³-hybridized carbons (Fsp3) is 0.368. The molecule has 0 radical (unpaired) electrons. The molecule has 130 valence electrons. The number of nitrogens with zero attached hydrogens (tertiary/aromatic N) is 4. The zero-order valence-electron chi connectivity index (χ0n) is 14.6. The third-order valence-corrected chi connectivity index (χ3v) is 5.11. The van der Waals surface area contributed by atoms with Gasteiger partial charge >= 0.3 is 0 Å². The van der Waals surface area contributed by atoms with Crippen molar-refractivity contribution in [2.45, 2.75) is 19.4 Å². The Balaban J connectivity index is 1.88. The van der Waals surface area contributed by atoms with E-state index in [0.29, 0.717) is 0 Å². The van der Waals surface area contributed by atoms with Crippen LogP contribution in [0, 0.1) is 0 Å². The molecule has 0 unspecified atom stereocenters. The van der Waals surface area contributed by atoms with E-state index in [1.54, 1.807) is 11.3 Å². The van der Waals surface area contributed by atoms with Crippen LogP contribution in [0.25, 0.3) is 21.3 Å². The molecule has 0 atom stereocenters. The van der Waals surface area contributed by atoms with Crippen molar-refractivity contribution < 1.29 is 4.84 Å². The summed E-state index contributed by atoms with van der Waals surface area (Å²) in [4.78, 5) is 18.7. The lowest BCUT2D eigenvalue weighted by molar-refractivity contribution is 0.0766. The zero-order chi connectivity index (χ0) is 17.2. The number of anilines is 1. The molecule has 0 saturated carbocycles. The Morgan fingerprint density at radius 2 is 2.00 bits per heavy atom. The second kappa shape index (κ2) is 7.07. The van der Waals surface area contributed by atoms with Crippen LogP contribution in [0.4, 0.5) is 5.82 Å². The highest BCUT2D eigenvalue weighted by Crippen LogP contribution is 2.39. The molecule has 1 fully saturated rings. The number of hydroxylamine groups is 1. The van der Waals surface area contributed by atoms with Gasteiger partial charge in [-0.05, 0) is 32.5 Å². The SMILES string of the molecule is CN(C)Cc1nc(N2CCCCO2)c2c(-c3ccccc3)csc2n1. The molecule has 25 heavy (non-hydrogen) atoms. The quantitative estimate of drug-likeness (QED) is 0.709. The molecule has 1 aliphatic heterocycles. The number of rotatable bonds is 4. The monoisotopic (exact) mass is 354 g/mol. The number of benzene rings is 1. The van der Waals surface area contributed by atoms with E-state index in [1.165, 1.54) is 11.1 Å². The predicted molar refractivity (Wildman–Crippen MR) is 103 cm³/mol. The van der Waals surface area contributed by atoms with Gasteiger partial charge in [0, 0.05) is 17.5 Å². The van der Waals surface area contributed by atoms with Crippen LogP contribution in [0.3, 0.4) is 0 Å². The lowest BCUT2D eigenvalue weighted by Gasteiger charge is -2.28. The molecule has 0 amide bonds. The second-order valence-corrected chi connectivity index (χ2v) is 7.40. The van der Waals surface area contributed by atoms with Gasteiger partial charge in [-0.15, -0.1) is 11.3 Å². The van der Waals surface area contributed by atoms with Crippen molar-refractivity contribution in [1.82, 2.24) is 14.9 Å². The standard InChI is InChI=1S/C19H22N4OS/c1-22(2)12-16-20-18(23-10-6-7-11-24-23)17-15(13-25-19(17)21-16)14-8-4-3-5-9-14/h3-5,8-9,13H,6-7,10-12H2,1-2H3. The van der Waals surface area contributed by atoms with Crippen molar-refractivity contribution >= 4 is 27.4 Å². The smallest absolute Gasteiger partial charge is 0.165 e. The summed E-state index contributed by atoms with van der Waals surface area (Å²) < 4.78 is 0. The Morgan fingerprint density at radius 3 is 2.72 bits per heavy atom. The van der Waals surface area contributed by atoms with Gasteiger partial charge in [-0.1, -0.05) is 30.3 Å². The number of hydrogen-bond donors (Lipinski definition) is 0. The summed E-state index contributed by atoms with van der Waals surface area (Å²) in [5, 5.41) is 5.24. The molecular formula is C19H22N4OS. The summed E-state index contributed by atoms with van der Waals surface area (Å²) in [7, 11) is 4.07. The Morgan fingerprint density at radius 1 is 1.16 bits per heavy atom. The summed E-state index contributed by atoms with van der Waals surface area (Å²) in [6.45, 7) is 2.34. The van der Waals surface area contributed by atoms with Crippen LogP contribution in [0.2, 0.25) is 0 Å². The Kier molecular flexibility index (Phi) is 4.65. The minimum atomic E-state index is 0.718. The average Bonchev–Trinajstić information content (AvgIpc) is 3.06. The van der Waals surface area contributed by atoms with Crippen molar-refractivity contribution in [3.05, 3.63) is 41.5 Å². The van der Waals surface area contributed by atoms with Gasteiger partial charge in [-0.2, -0.15) is 0 Å². The number of hydrogen-bond acceptors (Lipinski definition) is 6. The van der Waals surface area contributed by atoms with Gasteiger partial charge in [-0.3, -0.25) is 4.84 Å². The summed E-state index contributed by atoms with van der Waals surface area (Å²) >= 11 is 1.68. The van der Waals surface area contributed by atoms with Gasteiger partial charge in [0.25, 0.3) is 0 Å². The molecule has 5 nitrogen and oxygen atoms in total. The average molecular weight is 354 g/mol. The highest BCUT2D eigenvalue weighted by atomic mass is 32.1. The molecule has 0 bridgehead atoms. The second-order valence-electron chi connectivity index (χ2n) is 6.54. The van der Waals surface area contributed by atoms with Gasteiger partial charge < -0.3 is 4.90 Å². The van der Waals surface area contributed by atoms with Gasteiger partial charge in [0.05, 0.1) is 18.5 Å². The Hall–Kier alpha value is -2.02. The molecule has 4 rings (SSSR count). The molecule has 1 aliphatic rings. The van der Waals surface area contributed by atoms with E-state index in [0.717, 1.165) is 54.4 Å². The molecule has 1 saturated heterocycles. The summed E-state index contributed by atoms with van der Waals surface area (Å²) in [6.07, 6.45) is 2.23. The Labute approximate surface area is 151 Å². The van der Waals surface area contributed by atoms with E-state index < -0.39 is 0 Å². The van der Waals surface area contributed by atoms with Gasteiger partial charge in [0.1, 0.15) is 10.7 Å². The van der Waals surface area contributed by atoms with Gasteiger partial charge in [0.15, 0.2) is 5.82 Å². The summed E-state index contributed by atoms with van der Waals surface area (Å²) in [5.41, 5.74) is 2.37. The summed E-state index contributed by atoms with van der Waals surface area (Å²) in [5.74, 6) is 1.74. The highest BCUT2D eigenvalue weighted by Gasteiger charge is 2.22. The van der Waals surface area contributed by atoms with E-state index in [1.807, 2.05) is 25.2 Å². The van der Waals surface area contributed by atoms with Crippen molar-refractivity contribution in [3.8, 4) is 11.1 Å². The molecule has 0 N–H and O–H groups in total. The topological polar surface area (TPSA) is 41.5 Å². The molecule has 1 aromatic carbocycles. The van der Waals surface area contributed by atoms with Crippen molar-refractivity contribution in [1.29, 1.82) is 0 Å².